The van der Waals surface area contributed by atoms with Gasteiger partial charge in [-0.05, 0) is 17.2 Å². The zero-order valence-electron chi connectivity index (χ0n) is 8.73. The summed E-state index contributed by atoms with van der Waals surface area (Å²) in [6, 6.07) is 5.95. The number of benzene rings is 1. The van der Waals surface area contributed by atoms with Crippen LogP contribution in [0.1, 0.15) is 11.1 Å². The number of likely N-dealkylation sites (N-methyl/N-ethyl adjacent to an activating group) is 1. The fraction of sp³-hybridized carbons (Fsp3) is 0.250. The van der Waals surface area contributed by atoms with Crippen molar-refractivity contribution in [2.45, 2.75) is 6.42 Å². The Morgan fingerprint density at radius 3 is 3.07 bits per heavy atom. The second kappa shape index (κ2) is 3.87. The van der Waals surface area contributed by atoms with Crippen LogP contribution in [0.2, 0.25) is 0 Å². The van der Waals surface area contributed by atoms with E-state index in [4.69, 9.17) is 5.73 Å². The van der Waals surface area contributed by atoms with Crippen molar-refractivity contribution in [1.82, 2.24) is 0 Å². The summed E-state index contributed by atoms with van der Waals surface area (Å²) < 4.78 is 0. The lowest BCUT2D eigenvalue weighted by Gasteiger charge is -2.10. The molecule has 3 heteroatoms. The molecule has 2 N–H and O–H groups in total. The summed E-state index contributed by atoms with van der Waals surface area (Å²) in [5.74, 6) is 0.151. The minimum Gasteiger partial charge on any atom is -0.327 e. The Morgan fingerprint density at radius 2 is 2.33 bits per heavy atom. The highest BCUT2D eigenvalue weighted by molar-refractivity contribution is 6.02. The summed E-state index contributed by atoms with van der Waals surface area (Å²) >= 11 is 0. The summed E-state index contributed by atoms with van der Waals surface area (Å²) in [5, 5.41) is 0. The topological polar surface area (TPSA) is 46.3 Å². The highest BCUT2D eigenvalue weighted by Crippen LogP contribution is 2.30. The average molecular weight is 202 g/mol. The highest BCUT2D eigenvalue weighted by atomic mass is 16.2. The Hall–Kier alpha value is -1.61. The van der Waals surface area contributed by atoms with Gasteiger partial charge in [-0.15, -0.1) is 0 Å². The van der Waals surface area contributed by atoms with Crippen molar-refractivity contribution < 1.29 is 4.79 Å². The van der Waals surface area contributed by atoms with Crippen LogP contribution in [0.4, 0.5) is 5.69 Å². The van der Waals surface area contributed by atoms with E-state index >= 15 is 0 Å². The molecule has 0 atom stereocenters. The van der Waals surface area contributed by atoms with Gasteiger partial charge in [0.25, 0.3) is 0 Å². The van der Waals surface area contributed by atoms with Gasteiger partial charge in [-0.1, -0.05) is 24.3 Å². The molecule has 0 spiro atoms. The molecule has 1 aromatic carbocycles. The van der Waals surface area contributed by atoms with Crippen molar-refractivity contribution in [2.75, 3.05) is 18.5 Å². The third-order valence-corrected chi connectivity index (χ3v) is 2.68. The summed E-state index contributed by atoms with van der Waals surface area (Å²) in [5.41, 5.74) is 8.62. The zero-order chi connectivity index (χ0) is 10.8. The van der Waals surface area contributed by atoms with Crippen LogP contribution in [-0.4, -0.2) is 19.5 Å². The van der Waals surface area contributed by atoms with Gasteiger partial charge in [0.2, 0.25) is 5.91 Å². The first-order chi connectivity index (χ1) is 7.24. The van der Waals surface area contributed by atoms with E-state index in [-0.39, 0.29) is 5.91 Å². The molecule has 0 aliphatic carbocycles. The summed E-state index contributed by atoms with van der Waals surface area (Å²) in [6.07, 6.45) is 4.38. The SMILES string of the molecule is CN1C(=O)Cc2c(/C=C/CN)cccc21. The van der Waals surface area contributed by atoms with Gasteiger partial charge in [0.1, 0.15) is 0 Å². The first kappa shape index (κ1) is 9.93. The quantitative estimate of drug-likeness (QED) is 0.782. The van der Waals surface area contributed by atoms with Gasteiger partial charge >= 0.3 is 0 Å². The molecule has 2 rings (SSSR count). The van der Waals surface area contributed by atoms with E-state index in [2.05, 4.69) is 0 Å². The number of nitrogens with zero attached hydrogens (tertiary/aromatic N) is 1. The number of amides is 1. The second-order valence-corrected chi connectivity index (χ2v) is 3.61. The van der Waals surface area contributed by atoms with E-state index < -0.39 is 0 Å². The summed E-state index contributed by atoms with van der Waals surface area (Å²) in [7, 11) is 1.81. The number of carbonyl (C=O) groups excluding carboxylic acids is 1. The molecule has 1 heterocycles. The van der Waals surface area contributed by atoms with Crippen LogP contribution >= 0.6 is 0 Å². The molecule has 78 valence electrons. The number of rotatable bonds is 2. The molecule has 0 bridgehead atoms. The van der Waals surface area contributed by atoms with Crippen LogP contribution in [0.15, 0.2) is 24.3 Å². The second-order valence-electron chi connectivity index (χ2n) is 3.61. The minimum absolute atomic E-state index is 0.151. The normalized spacial score (nSPS) is 15.1. The molecule has 15 heavy (non-hydrogen) atoms. The molecule has 0 unspecified atom stereocenters. The Balaban J connectivity index is 2.45. The summed E-state index contributed by atoms with van der Waals surface area (Å²) in [4.78, 5) is 13.2. The number of carbonyl (C=O) groups is 1. The predicted molar refractivity (Wildman–Crippen MR) is 61.6 cm³/mol. The Bertz CT molecular complexity index is 424. The van der Waals surface area contributed by atoms with Gasteiger partial charge in [-0.2, -0.15) is 0 Å². The van der Waals surface area contributed by atoms with Crippen molar-refractivity contribution in [3.05, 3.63) is 35.4 Å². The van der Waals surface area contributed by atoms with Crippen LogP contribution < -0.4 is 10.6 Å². The maximum Gasteiger partial charge on any atom is 0.231 e. The number of nitrogens with two attached hydrogens (primary N) is 1. The monoisotopic (exact) mass is 202 g/mol. The fourth-order valence-electron chi connectivity index (χ4n) is 1.85. The third kappa shape index (κ3) is 1.66. The molecule has 1 aliphatic rings. The molecule has 0 saturated heterocycles. The lowest BCUT2D eigenvalue weighted by Crippen LogP contribution is -2.20. The van der Waals surface area contributed by atoms with E-state index in [1.165, 1.54) is 0 Å². The van der Waals surface area contributed by atoms with Crippen molar-refractivity contribution in [3.8, 4) is 0 Å². The van der Waals surface area contributed by atoms with E-state index in [9.17, 15) is 4.79 Å². The number of hydrogen-bond acceptors (Lipinski definition) is 2. The molecule has 0 radical (unpaired) electrons. The molecule has 0 aromatic heterocycles. The lowest BCUT2D eigenvalue weighted by molar-refractivity contribution is -0.117. The van der Waals surface area contributed by atoms with Gasteiger partial charge in [0.05, 0.1) is 6.42 Å². The van der Waals surface area contributed by atoms with E-state index in [1.54, 1.807) is 4.90 Å². The maximum absolute atomic E-state index is 11.5. The van der Waals surface area contributed by atoms with Crippen molar-refractivity contribution in [1.29, 1.82) is 0 Å². The van der Waals surface area contributed by atoms with Crippen LogP contribution in [0.3, 0.4) is 0 Å². The highest BCUT2D eigenvalue weighted by Gasteiger charge is 2.24. The molecular formula is C12H14N2O. The number of fused-ring (bicyclic) bond motifs is 1. The molecule has 1 aliphatic heterocycles. The van der Waals surface area contributed by atoms with Crippen LogP contribution in [0.5, 0.6) is 0 Å². The molecule has 0 saturated carbocycles. The number of anilines is 1. The van der Waals surface area contributed by atoms with Crippen molar-refractivity contribution in [3.63, 3.8) is 0 Å². The third-order valence-electron chi connectivity index (χ3n) is 2.68. The predicted octanol–water partition coefficient (Wildman–Crippen LogP) is 1.18. The standard InChI is InChI=1S/C12H14N2O/c1-14-11-6-2-4-9(5-3-7-13)10(11)8-12(14)15/h2-6H,7-8,13H2,1H3/b5-3+. The Labute approximate surface area is 89.2 Å². The first-order valence-electron chi connectivity index (χ1n) is 4.99. The van der Waals surface area contributed by atoms with Crippen molar-refractivity contribution >= 4 is 17.7 Å². The molecule has 3 nitrogen and oxygen atoms in total. The largest absolute Gasteiger partial charge is 0.327 e. The Morgan fingerprint density at radius 1 is 1.53 bits per heavy atom. The summed E-state index contributed by atoms with van der Waals surface area (Å²) in [6.45, 7) is 0.521. The van der Waals surface area contributed by atoms with Gasteiger partial charge in [0.15, 0.2) is 0 Å². The van der Waals surface area contributed by atoms with Crippen LogP contribution in [-0.2, 0) is 11.2 Å². The maximum atomic E-state index is 11.5. The minimum atomic E-state index is 0.151. The van der Waals surface area contributed by atoms with Crippen LogP contribution in [0, 0.1) is 0 Å². The fourth-order valence-corrected chi connectivity index (χ4v) is 1.85. The number of hydrogen-bond donors (Lipinski definition) is 1. The average Bonchev–Trinajstić information content (AvgIpc) is 2.53. The van der Waals surface area contributed by atoms with Gasteiger partial charge in [-0.25, -0.2) is 0 Å². The van der Waals surface area contributed by atoms with E-state index in [1.807, 2.05) is 37.4 Å². The lowest BCUT2D eigenvalue weighted by atomic mass is 10.0. The first-order valence-corrected chi connectivity index (χ1v) is 4.99. The van der Waals surface area contributed by atoms with Gasteiger partial charge < -0.3 is 10.6 Å². The molecular weight excluding hydrogens is 188 g/mol. The van der Waals surface area contributed by atoms with E-state index in [0.717, 1.165) is 16.8 Å². The molecule has 1 amide bonds. The van der Waals surface area contributed by atoms with Gasteiger partial charge in [0, 0.05) is 19.3 Å². The van der Waals surface area contributed by atoms with Gasteiger partial charge in [-0.3, -0.25) is 4.79 Å². The molecule has 1 aromatic rings. The van der Waals surface area contributed by atoms with Crippen molar-refractivity contribution in [2.24, 2.45) is 5.73 Å². The van der Waals surface area contributed by atoms with Crippen LogP contribution in [0.25, 0.3) is 6.08 Å². The molecule has 0 fully saturated rings. The van der Waals surface area contributed by atoms with E-state index in [0.29, 0.717) is 13.0 Å². The smallest absolute Gasteiger partial charge is 0.231 e. The zero-order valence-corrected chi connectivity index (χ0v) is 8.73. The Kier molecular flexibility index (Phi) is 2.56.